The number of nitrogens with one attached hydrogen (secondary N) is 1. The van der Waals surface area contributed by atoms with Gasteiger partial charge in [-0.1, -0.05) is 20.8 Å². The highest BCUT2D eigenvalue weighted by atomic mass is 16.2. The van der Waals surface area contributed by atoms with Gasteiger partial charge >= 0.3 is 0 Å². The quantitative estimate of drug-likeness (QED) is 0.715. The van der Waals surface area contributed by atoms with Crippen molar-refractivity contribution in [1.29, 1.82) is 0 Å². The van der Waals surface area contributed by atoms with Crippen molar-refractivity contribution in [1.82, 2.24) is 10.2 Å². The Balaban J connectivity index is 2.60. The first-order valence-electron chi connectivity index (χ1n) is 5.04. The molecule has 1 aliphatic heterocycles. The minimum atomic E-state index is -0.311. The number of nitrogens with zero attached hydrogens (tertiary/aromatic N) is 1. The number of carbonyl (C=O) groups excluding carboxylic acids is 1. The lowest BCUT2D eigenvalue weighted by Gasteiger charge is -2.21. The lowest BCUT2D eigenvalue weighted by atomic mass is 9.99. The summed E-state index contributed by atoms with van der Waals surface area (Å²) in [6, 6.07) is 0. The lowest BCUT2D eigenvalue weighted by Crippen LogP contribution is -2.43. The molecule has 3 heteroatoms. The standard InChI is InChI=1S/C10H20N2O/c1-5-10(4)9(13)12(7-11-10)6-8(2)3/h8,11H,5-7H2,1-4H3. The van der Waals surface area contributed by atoms with Gasteiger partial charge in [-0.15, -0.1) is 0 Å². The van der Waals surface area contributed by atoms with E-state index >= 15 is 0 Å². The van der Waals surface area contributed by atoms with Gasteiger partial charge in [0.25, 0.3) is 0 Å². The normalized spacial score (nSPS) is 29.0. The number of rotatable bonds is 3. The lowest BCUT2D eigenvalue weighted by molar-refractivity contribution is -0.132. The number of carbonyl (C=O) groups is 1. The maximum atomic E-state index is 11.9. The van der Waals surface area contributed by atoms with Gasteiger partial charge in [0.1, 0.15) is 0 Å². The Hall–Kier alpha value is -0.570. The molecular formula is C10H20N2O. The summed E-state index contributed by atoms with van der Waals surface area (Å²) in [6.45, 7) is 9.87. The van der Waals surface area contributed by atoms with E-state index in [2.05, 4.69) is 19.2 Å². The third-order valence-electron chi connectivity index (χ3n) is 2.71. The largest absolute Gasteiger partial charge is 0.328 e. The van der Waals surface area contributed by atoms with Crippen molar-refractivity contribution >= 4 is 5.91 Å². The Morgan fingerprint density at radius 2 is 2.23 bits per heavy atom. The Morgan fingerprint density at radius 1 is 1.62 bits per heavy atom. The van der Waals surface area contributed by atoms with Gasteiger partial charge in [-0.25, -0.2) is 0 Å². The second-order valence-electron chi connectivity index (χ2n) is 4.44. The van der Waals surface area contributed by atoms with Crippen molar-refractivity contribution in [3.8, 4) is 0 Å². The van der Waals surface area contributed by atoms with Crippen LogP contribution in [0.4, 0.5) is 0 Å². The summed E-state index contributed by atoms with van der Waals surface area (Å²) < 4.78 is 0. The summed E-state index contributed by atoms with van der Waals surface area (Å²) in [5, 5.41) is 3.26. The summed E-state index contributed by atoms with van der Waals surface area (Å²) in [5.41, 5.74) is -0.311. The van der Waals surface area contributed by atoms with Gasteiger partial charge in [-0.3, -0.25) is 10.1 Å². The van der Waals surface area contributed by atoms with Gasteiger partial charge in [-0.2, -0.15) is 0 Å². The summed E-state index contributed by atoms with van der Waals surface area (Å²) in [5.74, 6) is 0.800. The van der Waals surface area contributed by atoms with E-state index in [-0.39, 0.29) is 11.4 Å². The first-order chi connectivity index (χ1) is 5.99. The first kappa shape index (κ1) is 10.5. The van der Waals surface area contributed by atoms with Crippen LogP contribution in [-0.4, -0.2) is 29.6 Å². The molecule has 0 bridgehead atoms. The molecule has 0 radical (unpaired) electrons. The molecule has 3 nitrogen and oxygen atoms in total. The molecular weight excluding hydrogens is 164 g/mol. The second-order valence-corrected chi connectivity index (χ2v) is 4.44. The van der Waals surface area contributed by atoms with Crippen LogP contribution in [0.15, 0.2) is 0 Å². The molecule has 1 fully saturated rings. The van der Waals surface area contributed by atoms with Gasteiger partial charge in [0.2, 0.25) is 5.91 Å². The maximum absolute atomic E-state index is 11.9. The van der Waals surface area contributed by atoms with Gasteiger partial charge in [-0.05, 0) is 19.3 Å². The zero-order valence-corrected chi connectivity index (χ0v) is 9.05. The molecule has 0 aromatic carbocycles. The van der Waals surface area contributed by atoms with Crippen LogP contribution < -0.4 is 5.32 Å². The van der Waals surface area contributed by atoms with Crippen LogP contribution in [0.3, 0.4) is 0 Å². The Kier molecular flexibility index (Phi) is 2.96. The summed E-state index contributed by atoms with van der Waals surface area (Å²) in [4.78, 5) is 13.8. The molecule has 76 valence electrons. The molecule has 1 N–H and O–H groups in total. The fourth-order valence-electron chi connectivity index (χ4n) is 1.63. The number of hydrogen-bond donors (Lipinski definition) is 1. The van der Waals surface area contributed by atoms with Crippen molar-refractivity contribution < 1.29 is 4.79 Å². The molecule has 1 amide bonds. The first-order valence-corrected chi connectivity index (χ1v) is 5.04. The molecule has 0 saturated carbocycles. The van der Waals surface area contributed by atoms with Crippen LogP contribution in [0.25, 0.3) is 0 Å². The molecule has 1 saturated heterocycles. The molecule has 0 aromatic rings. The zero-order chi connectivity index (χ0) is 10.1. The van der Waals surface area contributed by atoms with Crippen LogP contribution in [0.2, 0.25) is 0 Å². The van der Waals surface area contributed by atoms with Crippen molar-refractivity contribution in [3.63, 3.8) is 0 Å². The fraction of sp³-hybridized carbons (Fsp3) is 0.900. The van der Waals surface area contributed by atoms with E-state index in [1.165, 1.54) is 0 Å². The van der Waals surface area contributed by atoms with E-state index in [0.29, 0.717) is 12.6 Å². The minimum absolute atomic E-state index is 0.253. The fourth-order valence-corrected chi connectivity index (χ4v) is 1.63. The molecule has 1 heterocycles. The van der Waals surface area contributed by atoms with Crippen LogP contribution >= 0.6 is 0 Å². The van der Waals surface area contributed by atoms with Crippen LogP contribution in [0, 0.1) is 5.92 Å². The molecule has 1 atom stereocenters. The predicted molar refractivity (Wildman–Crippen MR) is 53.2 cm³/mol. The van der Waals surface area contributed by atoms with Gasteiger partial charge < -0.3 is 4.90 Å². The third-order valence-corrected chi connectivity index (χ3v) is 2.71. The smallest absolute Gasteiger partial charge is 0.243 e. The van der Waals surface area contributed by atoms with Crippen LogP contribution in [0.1, 0.15) is 34.1 Å². The highest BCUT2D eigenvalue weighted by Crippen LogP contribution is 2.19. The molecule has 0 aliphatic carbocycles. The van der Waals surface area contributed by atoms with E-state index < -0.39 is 0 Å². The van der Waals surface area contributed by atoms with Crippen LogP contribution in [0.5, 0.6) is 0 Å². The Labute approximate surface area is 80.5 Å². The molecule has 1 rings (SSSR count). The van der Waals surface area contributed by atoms with Gasteiger partial charge in [0.05, 0.1) is 12.2 Å². The Morgan fingerprint density at radius 3 is 2.62 bits per heavy atom. The van der Waals surface area contributed by atoms with Crippen molar-refractivity contribution in [2.45, 2.75) is 39.7 Å². The average molecular weight is 184 g/mol. The molecule has 13 heavy (non-hydrogen) atoms. The monoisotopic (exact) mass is 184 g/mol. The maximum Gasteiger partial charge on any atom is 0.243 e. The summed E-state index contributed by atoms with van der Waals surface area (Å²) >= 11 is 0. The molecule has 0 aromatic heterocycles. The van der Waals surface area contributed by atoms with Crippen LogP contribution in [-0.2, 0) is 4.79 Å². The predicted octanol–water partition coefficient (Wildman–Crippen LogP) is 1.20. The number of amides is 1. The van der Waals surface area contributed by atoms with E-state index in [1.807, 2.05) is 18.7 Å². The van der Waals surface area contributed by atoms with E-state index in [9.17, 15) is 4.79 Å². The van der Waals surface area contributed by atoms with E-state index in [1.54, 1.807) is 0 Å². The summed E-state index contributed by atoms with van der Waals surface area (Å²) in [7, 11) is 0. The SMILES string of the molecule is CCC1(C)NCN(CC(C)C)C1=O. The topological polar surface area (TPSA) is 32.3 Å². The highest BCUT2D eigenvalue weighted by Gasteiger charge is 2.40. The zero-order valence-electron chi connectivity index (χ0n) is 9.05. The van der Waals surface area contributed by atoms with Crippen molar-refractivity contribution in [2.24, 2.45) is 5.92 Å². The molecule has 1 unspecified atom stereocenters. The van der Waals surface area contributed by atoms with Crippen molar-refractivity contribution in [2.75, 3.05) is 13.2 Å². The molecule has 0 spiro atoms. The minimum Gasteiger partial charge on any atom is -0.328 e. The number of hydrogen-bond acceptors (Lipinski definition) is 2. The van der Waals surface area contributed by atoms with Gasteiger partial charge in [0, 0.05) is 6.54 Å². The third kappa shape index (κ3) is 2.02. The highest BCUT2D eigenvalue weighted by molar-refractivity contribution is 5.87. The molecule has 1 aliphatic rings. The van der Waals surface area contributed by atoms with Gasteiger partial charge in [0.15, 0.2) is 0 Å². The van der Waals surface area contributed by atoms with E-state index in [4.69, 9.17) is 0 Å². The average Bonchev–Trinajstić information content (AvgIpc) is 2.33. The Bertz CT molecular complexity index is 203. The second kappa shape index (κ2) is 3.66. The summed E-state index contributed by atoms with van der Waals surface area (Å²) in [6.07, 6.45) is 0.862. The van der Waals surface area contributed by atoms with E-state index in [0.717, 1.165) is 13.0 Å². The van der Waals surface area contributed by atoms with Crippen molar-refractivity contribution in [3.05, 3.63) is 0 Å².